The van der Waals surface area contributed by atoms with Crippen LogP contribution in [0, 0.1) is 12.1 Å². The Bertz CT molecular complexity index is 2360. The fourth-order valence-corrected chi connectivity index (χ4v) is 7.20. The monoisotopic (exact) mass is 861 g/mol. The van der Waals surface area contributed by atoms with Gasteiger partial charge < -0.3 is 9.97 Å². The predicted octanol–water partition coefficient (Wildman–Crippen LogP) is 13.3. The molecular formula is C50H40IrN2-2. The minimum Gasteiger partial charge on any atom is -0.305 e. The van der Waals surface area contributed by atoms with E-state index in [0.717, 1.165) is 34.0 Å². The molecule has 6 aromatic carbocycles. The zero-order valence-electron chi connectivity index (χ0n) is 29.6. The summed E-state index contributed by atoms with van der Waals surface area (Å²) in [5.74, 6) is 0.754. The van der Waals surface area contributed by atoms with Gasteiger partial charge in [-0.25, -0.2) is 0 Å². The average Bonchev–Trinajstić information content (AvgIpc) is 3.25. The van der Waals surface area contributed by atoms with Gasteiger partial charge in [-0.05, 0) is 80.4 Å². The van der Waals surface area contributed by atoms with Gasteiger partial charge >= 0.3 is 0 Å². The van der Waals surface area contributed by atoms with Gasteiger partial charge in [0.15, 0.2) is 0 Å². The molecule has 0 N–H and O–H groups in total. The molecule has 1 fully saturated rings. The molecule has 2 heterocycles. The van der Waals surface area contributed by atoms with Gasteiger partial charge in [-0.15, -0.1) is 71.3 Å². The first-order chi connectivity index (χ1) is 25.8. The fourth-order valence-electron chi connectivity index (χ4n) is 7.20. The standard InChI is InChI=1S/C27H24N.C23H16N.Ir/c1-2-7-20(8-3-1)21-13-15-22(16-14-21)23-11-6-12-25(17-23)27-18-24-9-4-5-10-26(24)19-28-27;1-3-7-18(8-4-1)19-11-13-20(14-12-19)22-15-16-24-23(17-22)21-9-5-2-6-10-21;/h4-6,9-11,13-20H,1-3,7-8H2;1-9,11-17H;/q2*-1;. The van der Waals surface area contributed by atoms with E-state index >= 15 is 0 Å². The molecule has 0 spiro atoms. The van der Waals surface area contributed by atoms with Crippen LogP contribution in [0.15, 0.2) is 176 Å². The summed E-state index contributed by atoms with van der Waals surface area (Å²) in [6, 6.07) is 63.8. The van der Waals surface area contributed by atoms with E-state index < -0.39 is 0 Å². The molecule has 53 heavy (non-hydrogen) atoms. The Kier molecular flexibility index (Phi) is 11.8. The molecule has 0 atom stereocenters. The minimum absolute atomic E-state index is 0. The Morgan fingerprint density at radius 3 is 1.77 bits per heavy atom. The van der Waals surface area contributed by atoms with Crippen molar-refractivity contribution in [1.82, 2.24) is 9.97 Å². The molecule has 8 aromatic rings. The molecule has 2 nitrogen and oxygen atoms in total. The Hall–Kier alpha value is -5.47. The summed E-state index contributed by atoms with van der Waals surface area (Å²) in [4.78, 5) is 9.12. The molecule has 9 rings (SSSR count). The summed E-state index contributed by atoms with van der Waals surface area (Å²) in [7, 11) is 0. The predicted molar refractivity (Wildman–Crippen MR) is 217 cm³/mol. The maximum absolute atomic E-state index is 4.66. The second-order valence-corrected chi connectivity index (χ2v) is 13.5. The molecular weight excluding hydrogens is 821 g/mol. The van der Waals surface area contributed by atoms with Crippen molar-refractivity contribution in [2.45, 2.75) is 38.0 Å². The largest absolute Gasteiger partial charge is 0.305 e. The van der Waals surface area contributed by atoms with E-state index in [0.29, 0.717) is 0 Å². The van der Waals surface area contributed by atoms with E-state index in [1.165, 1.54) is 76.3 Å². The number of rotatable bonds is 6. The van der Waals surface area contributed by atoms with Crippen molar-refractivity contribution >= 4 is 10.8 Å². The molecule has 3 heteroatoms. The van der Waals surface area contributed by atoms with Crippen LogP contribution in [0.4, 0.5) is 0 Å². The van der Waals surface area contributed by atoms with Crippen LogP contribution in [0.3, 0.4) is 0 Å². The maximum Gasteiger partial charge on any atom is 0.0239 e. The minimum atomic E-state index is 0. The van der Waals surface area contributed by atoms with Crippen molar-refractivity contribution in [3.05, 3.63) is 194 Å². The number of aromatic nitrogens is 2. The van der Waals surface area contributed by atoms with Crippen LogP contribution < -0.4 is 0 Å². The summed E-state index contributed by atoms with van der Waals surface area (Å²) in [6.07, 6.45) is 10.7. The average molecular weight is 861 g/mol. The second-order valence-electron chi connectivity index (χ2n) is 13.5. The van der Waals surface area contributed by atoms with Crippen molar-refractivity contribution in [3.8, 4) is 55.9 Å². The van der Waals surface area contributed by atoms with Crippen molar-refractivity contribution in [1.29, 1.82) is 0 Å². The van der Waals surface area contributed by atoms with Crippen LogP contribution in [0.25, 0.3) is 66.7 Å². The van der Waals surface area contributed by atoms with Crippen LogP contribution in [-0.2, 0) is 20.1 Å². The summed E-state index contributed by atoms with van der Waals surface area (Å²) in [5, 5.41) is 2.38. The van der Waals surface area contributed by atoms with Gasteiger partial charge in [0.2, 0.25) is 0 Å². The number of fused-ring (bicyclic) bond motifs is 1. The smallest absolute Gasteiger partial charge is 0.0239 e. The number of hydrogen-bond acceptors (Lipinski definition) is 2. The van der Waals surface area contributed by atoms with Crippen molar-refractivity contribution in [2.75, 3.05) is 0 Å². The van der Waals surface area contributed by atoms with Crippen LogP contribution in [0.1, 0.15) is 43.6 Å². The molecule has 0 unspecified atom stereocenters. The van der Waals surface area contributed by atoms with E-state index in [-0.39, 0.29) is 20.1 Å². The van der Waals surface area contributed by atoms with Crippen LogP contribution in [-0.4, -0.2) is 9.97 Å². The fraction of sp³-hybridized carbons (Fsp3) is 0.120. The molecule has 1 aliphatic rings. The van der Waals surface area contributed by atoms with Gasteiger partial charge in [0.25, 0.3) is 0 Å². The molecule has 0 saturated heterocycles. The number of nitrogens with zero attached hydrogens (tertiary/aromatic N) is 2. The van der Waals surface area contributed by atoms with Gasteiger partial charge in [0.05, 0.1) is 0 Å². The number of pyridine rings is 2. The Morgan fingerprint density at radius 1 is 0.434 bits per heavy atom. The molecule has 0 bridgehead atoms. The second kappa shape index (κ2) is 17.4. The number of hydrogen-bond donors (Lipinski definition) is 0. The molecule has 1 saturated carbocycles. The van der Waals surface area contributed by atoms with Crippen molar-refractivity contribution in [3.63, 3.8) is 0 Å². The van der Waals surface area contributed by atoms with E-state index in [4.69, 9.17) is 0 Å². The van der Waals surface area contributed by atoms with Crippen molar-refractivity contribution < 1.29 is 20.1 Å². The Labute approximate surface area is 327 Å². The third-order valence-electron chi connectivity index (χ3n) is 10.1. The molecule has 1 radical (unpaired) electrons. The first kappa shape index (κ1) is 35.9. The quantitative estimate of drug-likeness (QED) is 0.156. The first-order valence-electron chi connectivity index (χ1n) is 18.3. The molecule has 0 aliphatic heterocycles. The first-order valence-corrected chi connectivity index (χ1v) is 18.3. The zero-order valence-corrected chi connectivity index (χ0v) is 32.0. The SMILES string of the molecule is [Ir].[c-]1ccc(-c2ccc(C3CCCCC3)cc2)cc1-c1cc2ccccc2cn1.[c-]1ccccc1-c1cc(-c2ccc(-c3ccccc3)cc2)ccn1. The van der Waals surface area contributed by atoms with E-state index in [1.54, 1.807) is 0 Å². The topological polar surface area (TPSA) is 25.8 Å². The molecule has 1 aliphatic carbocycles. The van der Waals surface area contributed by atoms with E-state index in [9.17, 15) is 0 Å². The molecule has 261 valence electrons. The van der Waals surface area contributed by atoms with E-state index in [1.807, 2.05) is 60.9 Å². The normalized spacial score (nSPS) is 12.7. The summed E-state index contributed by atoms with van der Waals surface area (Å²) >= 11 is 0. The Morgan fingerprint density at radius 2 is 1.04 bits per heavy atom. The zero-order chi connectivity index (χ0) is 35.0. The maximum atomic E-state index is 4.66. The summed E-state index contributed by atoms with van der Waals surface area (Å²) in [5.41, 5.74) is 12.8. The van der Waals surface area contributed by atoms with Crippen molar-refractivity contribution in [2.24, 2.45) is 0 Å². The Balaban J connectivity index is 0.000000163. The van der Waals surface area contributed by atoms with E-state index in [2.05, 4.69) is 137 Å². The summed E-state index contributed by atoms with van der Waals surface area (Å²) in [6.45, 7) is 0. The number of benzene rings is 6. The van der Waals surface area contributed by atoms with Gasteiger partial charge in [0, 0.05) is 32.5 Å². The van der Waals surface area contributed by atoms with Gasteiger partial charge in [-0.2, -0.15) is 0 Å². The van der Waals surface area contributed by atoms with Crippen LogP contribution in [0.2, 0.25) is 0 Å². The van der Waals surface area contributed by atoms with Gasteiger partial charge in [-0.3, -0.25) is 0 Å². The van der Waals surface area contributed by atoms with Crippen LogP contribution in [0.5, 0.6) is 0 Å². The van der Waals surface area contributed by atoms with Gasteiger partial charge in [-0.1, -0.05) is 135 Å². The summed E-state index contributed by atoms with van der Waals surface area (Å²) < 4.78 is 0. The third kappa shape index (κ3) is 8.78. The van der Waals surface area contributed by atoms with Crippen LogP contribution >= 0.6 is 0 Å². The third-order valence-corrected chi connectivity index (χ3v) is 10.1. The molecule has 0 amide bonds. The molecule has 2 aromatic heterocycles. The van der Waals surface area contributed by atoms with Gasteiger partial charge in [0.1, 0.15) is 0 Å².